The maximum absolute atomic E-state index is 11.0. The van der Waals surface area contributed by atoms with E-state index in [-0.39, 0.29) is 5.56 Å². The normalized spacial score (nSPS) is 11.2. The highest BCUT2D eigenvalue weighted by molar-refractivity contribution is 5.99. The number of imidazole rings is 1. The summed E-state index contributed by atoms with van der Waals surface area (Å²) < 4.78 is 0. The van der Waals surface area contributed by atoms with Crippen LogP contribution in [0.3, 0.4) is 0 Å². The number of aromatic carboxylic acids is 1. The molecule has 0 unspecified atom stereocenters. The Labute approximate surface area is 98.9 Å². The predicted octanol–water partition coefficient (Wildman–Crippen LogP) is 2.24. The molecule has 0 atom stereocenters. The van der Waals surface area contributed by atoms with E-state index >= 15 is 0 Å². The quantitative estimate of drug-likeness (QED) is 0.848. The van der Waals surface area contributed by atoms with Crippen LogP contribution in [0.5, 0.6) is 0 Å². The van der Waals surface area contributed by atoms with E-state index in [2.05, 4.69) is 28.8 Å². The Bertz CT molecular complexity index is 546. The molecule has 0 fully saturated rings. The van der Waals surface area contributed by atoms with Crippen molar-refractivity contribution < 1.29 is 9.90 Å². The molecule has 0 amide bonds. The fourth-order valence-electron chi connectivity index (χ4n) is 1.68. The number of fused-ring (bicyclic) bond motifs is 1. The zero-order chi connectivity index (χ0) is 12.4. The lowest BCUT2D eigenvalue weighted by Gasteiger charge is -2.00. The van der Waals surface area contributed by atoms with E-state index in [1.807, 2.05) is 0 Å². The van der Waals surface area contributed by atoms with Gasteiger partial charge in [0.1, 0.15) is 5.82 Å². The molecule has 0 aromatic carbocycles. The van der Waals surface area contributed by atoms with Gasteiger partial charge in [0.05, 0.1) is 11.1 Å². The van der Waals surface area contributed by atoms with Crippen molar-refractivity contribution in [1.29, 1.82) is 0 Å². The first-order chi connectivity index (χ1) is 8.08. The fourth-order valence-corrected chi connectivity index (χ4v) is 1.68. The number of H-pyrrole nitrogens is 1. The van der Waals surface area contributed by atoms with Gasteiger partial charge in [0.25, 0.3) is 0 Å². The summed E-state index contributed by atoms with van der Waals surface area (Å²) in [6, 6.07) is 1.48. The van der Waals surface area contributed by atoms with Gasteiger partial charge in [-0.05, 0) is 18.4 Å². The summed E-state index contributed by atoms with van der Waals surface area (Å²) in [5.74, 6) is 0.432. The molecule has 2 aromatic heterocycles. The van der Waals surface area contributed by atoms with E-state index in [0.717, 1.165) is 18.7 Å². The lowest BCUT2D eigenvalue weighted by atomic mass is 10.1. The molecule has 0 saturated carbocycles. The van der Waals surface area contributed by atoms with Crippen LogP contribution < -0.4 is 0 Å². The molecule has 5 heteroatoms. The third-order valence-corrected chi connectivity index (χ3v) is 2.63. The smallest absolute Gasteiger partial charge is 0.338 e. The number of aromatic amines is 1. The van der Waals surface area contributed by atoms with Crippen LogP contribution in [-0.4, -0.2) is 26.0 Å². The Balaban J connectivity index is 2.36. The van der Waals surface area contributed by atoms with E-state index in [1.54, 1.807) is 0 Å². The van der Waals surface area contributed by atoms with Gasteiger partial charge >= 0.3 is 5.97 Å². The Kier molecular flexibility index (Phi) is 3.08. The lowest BCUT2D eigenvalue weighted by molar-refractivity contribution is 0.0698. The third-order valence-electron chi connectivity index (χ3n) is 2.63. The lowest BCUT2D eigenvalue weighted by Crippen LogP contribution is -1.98. The largest absolute Gasteiger partial charge is 0.478 e. The Morgan fingerprint density at radius 3 is 2.94 bits per heavy atom. The second kappa shape index (κ2) is 4.53. The number of rotatable bonds is 4. The monoisotopic (exact) mass is 233 g/mol. The SMILES string of the molecule is CC(C)CCc1nc2nccc(C(=O)O)c2[nH]1. The number of aromatic nitrogens is 3. The first-order valence-electron chi connectivity index (χ1n) is 5.65. The average Bonchev–Trinajstić information content (AvgIpc) is 2.68. The zero-order valence-corrected chi connectivity index (χ0v) is 9.90. The van der Waals surface area contributed by atoms with Crippen molar-refractivity contribution in [3.63, 3.8) is 0 Å². The molecule has 0 spiro atoms. The summed E-state index contributed by atoms with van der Waals surface area (Å²) in [5.41, 5.74) is 1.21. The first-order valence-corrected chi connectivity index (χ1v) is 5.65. The van der Waals surface area contributed by atoms with E-state index in [9.17, 15) is 4.79 Å². The maximum atomic E-state index is 11.0. The van der Waals surface area contributed by atoms with Crippen LogP contribution in [0.4, 0.5) is 0 Å². The van der Waals surface area contributed by atoms with Gasteiger partial charge in [0.2, 0.25) is 0 Å². The van der Waals surface area contributed by atoms with Crippen LogP contribution in [0.25, 0.3) is 11.2 Å². The summed E-state index contributed by atoms with van der Waals surface area (Å²) in [6.07, 6.45) is 3.30. The van der Waals surface area contributed by atoms with Gasteiger partial charge in [0.15, 0.2) is 5.65 Å². The number of pyridine rings is 1. The van der Waals surface area contributed by atoms with Crippen LogP contribution in [0.2, 0.25) is 0 Å². The maximum Gasteiger partial charge on any atom is 0.338 e. The van der Waals surface area contributed by atoms with Crippen molar-refractivity contribution in [2.24, 2.45) is 5.92 Å². The summed E-state index contributed by atoms with van der Waals surface area (Å²) in [7, 11) is 0. The first kappa shape index (κ1) is 11.6. The molecule has 17 heavy (non-hydrogen) atoms. The van der Waals surface area contributed by atoms with Gasteiger partial charge < -0.3 is 10.1 Å². The molecule has 0 bridgehead atoms. The number of hydrogen-bond donors (Lipinski definition) is 2. The molecule has 5 nitrogen and oxygen atoms in total. The van der Waals surface area contributed by atoms with Crippen molar-refractivity contribution in [1.82, 2.24) is 15.0 Å². The van der Waals surface area contributed by atoms with E-state index in [0.29, 0.717) is 17.1 Å². The van der Waals surface area contributed by atoms with Gasteiger partial charge in [0, 0.05) is 12.6 Å². The number of hydrogen-bond acceptors (Lipinski definition) is 3. The molecule has 0 aliphatic heterocycles. The molecule has 90 valence electrons. The number of carbonyl (C=O) groups is 1. The minimum atomic E-state index is -0.962. The minimum Gasteiger partial charge on any atom is -0.478 e. The summed E-state index contributed by atoms with van der Waals surface area (Å²) in [5, 5.41) is 9.03. The van der Waals surface area contributed by atoms with Gasteiger partial charge in [-0.2, -0.15) is 0 Å². The molecule has 2 aromatic rings. The predicted molar refractivity (Wildman–Crippen MR) is 64.0 cm³/mol. The Hall–Kier alpha value is -1.91. The van der Waals surface area contributed by atoms with E-state index in [1.165, 1.54) is 12.3 Å². The zero-order valence-electron chi connectivity index (χ0n) is 9.90. The molecule has 0 aliphatic rings. The molecule has 2 heterocycles. The van der Waals surface area contributed by atoms with Gasteiger partial charge in [-0.1, -0.05) is 13.8 Å². The molecule has 2 N–H and O–H groups in total. The highest BCUT2D eigenvalue weighted by atomic mass is 16.4. The van der Waals surface area contributed by atoms with Gasteiger partial charge in [-0.3, -0.25) is 0 Å². The second-order valence-electron chi connectivity index (χ2n) is 4.48. The summed E-state index contributed by atoms with van der Waals surface area (Å²) >= 11 is 0. The van der Waals surface area contributed by atoms with Crippen LogP contribution >= 0.6 is 0 Å². The number of carboxylic acid groups (broad SMARTS) is 1. The Morgan fingerprint density at radius 1 is 1.53 bits per heavy atom. The van der Waals surface area contributed by atoms with Crippen LogP contribution in [0.1, 0.15) is 36.5 Å². The van der Waals surface area contributed by atoms with Crippen LogP contribution in [0.15, 0.2) is 12.3 Å². The highest BCUT2D eigenvalue weighted by Crippen LogP contribution is 2.15. The van der Waals surface area contributed by atoms with E-state index in [4.69, 9.17) is 5.11 Å². The van der Waals surface area contributed by atoms with Crippen molar-refractivity contribution in [2.75, 3.05) is 0 Å². The number of carboxylic acids is 1. The number of aryl methyl sites for hydroxylation is 1. The standard InChI is InChI=1S/C12H15N3O2/c1-7(2)3-4-9-14-10-8(12(16)17)5-6-13-11(10)15-9/h5-7H,3-4H2,1-2H3,(H,16,17)(H,13,14,15). The summed E-state index contributed by atoms with van der Waals surface area (Å²) in [4.78, 5) is 22.4. The van der Waals surface area contributed by atoms with E-state index < -0.39 is 5.97 Å². The minimum absolute atomic E-state index is 0.221. The topological polar surface area (TPSA) is 78.9 Å². The van der Waals surface area contributed by atoms with Crippen molar-refractivity contribution in [3.05, 3.63) is 23.7 Å². The Morgan fingerprint density at radius 2 is 2.29 bits per heavy atom. The van der Waals surface area contributed by atoms with Gasteiger partial charge in [-0.15, -0.1) is 0 Å². The summed E-state index contributed by atoms with van der Waals surface area (Å²) in [6.45, 7) is 4.28. The van der Waals surface area contributed by atoms with Crippen LogP contribution in [0, 0.1) is 5.92 Å². The highest BCUT2D eigenvalue weighted by Gasteiger charge is 2.13. The number of nitrogens with zero attached hydrogens (tertiary/aromatic N) is 2. The van der Waals surface area contributed by atoms with Crippen molar-refractivity contribution in [2.45, 2.75) is 26.7 Å². The molecule has 0 saturated heterocycles. The second-order valence-corrected chi connectivity index (χ2v) is 4.48. The third kappa shape index (κ3) is 2.43. The fraction of sp³-hybridized carbons (Fsp3) is 0.417. The molecule has 0 aliphatic carbocycles. The average molecular weight is 233 g/mol. The molecule has 2 rings (SSSR count). The van der Waals surface area contributed by atoms with Crippen molar-refractivity contribution in [3.8, 4) is 0 Å². The van der Waals surface area contributed by atoms with Crippen molar-refractivity contribution >= 4 is 17.1 Å². The molecular formula is C12H15N3O2. The van der Waals surface area contributed by atoms with Gasteiger partial charge in [-0.25, -0.2) is 14.8 Å². The van der Waals surface area contributed by atoms with Crippen LogP contribution in [-0.2, 0) is 6.42 Å². The number of nitrogens with one attached hydrogen (secondary N) is 1. The molecular weight excluding hydrogens is 218 g/mol. The molecule has 0 radical (unpaired) electrons.